The standard InChI is InChI=1S/C19H36BNS/c1-13(2)11-17-12-15-7-5-8-16(20)9-6-10-18(15)19(22)21(17)14(3)4/h13-18H,5-12,20H2,1-4H3. The smallest absolute Gasteiger partial charge is 0.105 e. The van der Waals surface area contributed by atoms with Gasteiger partial charge in [0.05, 0.1) is 4.99 Å². The molecule has 1 heterocycles. The van der Waals surface area contributed by atoms with Crippen LogP contribution in [0.2, 0.25) is 5.82 Å². The first-order chi connectivity index (χ1) is 10.4. The minimum Gasteiger partial charge on any atom is -0.360 e. The maximum Gasteiger partial charge on any atom is 0.105 e. The predicted molar refractivity (Wildman–Crippen MR) is 104 cm³/mol. The fraction of sp³-hybridized carbons (Fsp3) is 0.947. The van der Waals surface area contributed by atoms with E-state index in [1.165, 1.54) is 56.4 Å². The van der Waals surface area contributed by atoms with Crippen molar-refractivity contribution in [2.75, 3.05) is 0 Å². The van der Waals surface area contributed by atoms with Crippen LogP contribution in [0.5, 0.6) is 0 Å². The molecule has 0 aromatic carbocycles. The predicted octanol–water partition coefficient (Wildman–Crippen LogP) is 4.85. The molecule has 1 aliphatic heterocycles. The molecule has 0 radical (unpaired) electrons. The van der Waals surface area contributed by atoms with Gasteiger partial charge < -0.3 is 4.90 Å². The molecule has 1 saturated heterocycles. The number of likely N-dealkylation sites (tertiary alicyclic amines) is 1. The van der Waals surface area contributed by atoms with Crippen LogP contribution in [0.3, 0.4) is 0 Å². The van der Waals surface area contributed by atoms with Crippen molar-refractivity contribution in [2.45, 2.75) is 97.0 Å². The molecule has 3 heteroatoms. The molecule has 22 heavy (non-hydrogen) atoms. The molecule has 0 spiro atoms. The lowest BCUT2D eigenvalue weighted by atomic mass is 9.75. The summed E-state index contributed by atoms with van der Waals surface area (Å²) in [5.41, 5.74) is 0. The summed E-state index contributed by atoms with van der Waals surface area (Å²) >= 11 is 6.04. The van der Waals surface area contributed by atoms with Crippen LogP contribution in [0.25, 0.3) is 0 Å². The van der Waals surface area contributed by atoms with E-state index < -0.39 is 0 Å². The van der Waals surface area contributed by atoms with E-state index in [0.717, 1.165) is 17.7 Å². The highest BCUT2D eigenvalue weighted by Gasteiger charge is 2.39. The van der Waals surface area contributed by atoms with Crippen LogP contribution in [0.4, 0.5) is 0 Å². The van der Waals surface area contributed by atoms with Gasteiger partial charge in [0.25, 0.3) is 0 Å². The maximum absolute atomic E-state index is 6.04. The number of thiocarbonyl (C=S) groups is 1. The molecule has 0 bridgehead atoms. The van der Waals surface area contributed by atoms with Crippen molar-refractivity contribution in [1.82, 2.24) is 4.90 Å². The van der Waals surface area contributed by atoms with E-state index in [0.29, 0.717) is 18.0 Å². The highest BCUT2D eigenvalue weighted by Crippen LogP contribution is 2.41. The van der Waals surface area contributed by atoms with E-state index in [1.807, 2.05) is 0 Å². The zero-order valence-corrected chi connectivity index (χ0v) is 16.3. The first kappa shape index (κ1) is 18.3. The van der Waals surface area contributed by atoms with E-state index in [4.69, 9.17) is 12.2 Å². The molecule has 0 amide bonds. The minimum absolute atomic E-state index is 0.559. The van der Waals surface area contributed by atoms with Crippen molar-refractivity contribution in [3.05, 3.63) is 0 Å². The zero-order valence-electron chi connectivity index (χ0n) is 15.5. The Morgan fingerprint density at radius 2 is 1.73 bits per heavy atom. The second kappa shape index (κ2) is 8.17. The number of hydrogen-bond donors (Lipinski definition) is 0. The average molecular weight is 321 g/mol. The summed E-state index contributed by atoms with van der Waals surface area (Å²) in [7, 11) is 2.44. The summed E-state index contributed by atoms with van der Waals surface area (Å²) in [6.45, 7) is 9.38. The van der Waals surface area contributed by atoms with Crippen LogP contribution in [-0.2, 0) is 0 Å². The molecule has 126 valence electrons. The Bertz CT molecular complexity index is 368. The van der Waals surface area contributed by atoms with E-state index in [9.17, 15) is 0 Å². The molecule has 1 nitrogen and oxygen atoms in total. The Balaban J connectivity index is 2.16. The van der Waals surface area contributed by atoms with Crippen molar-refractivity contribution in [3.8, 4) is 0 Å². The molecule has 2 aliphatic rings. The topological polar surface area (TPSA) is 3.24 Å². The van der Waals surface area contributed by atoms with Gasteiger partial charge in [0.1, 0.15) is 7.85 Å². The Morgan fingerprint density at radius 1 is 1.09 bits per heavy atom. The van der Waals surface area contributed by atoms with Gasteiger partial charge in [-0.1, -0.05) is 57.6 Å². The molecule has 0 aromatic rings. The summed E-state index contributed by atoms with van der Waals surface area (Å²) in [6, 6.07) is 1.25. The van der Waals surface area contributed by atoms with Gasteiger partial charge in [0.2, 0.25) is 0 Å². The Hall–Kier alpha value is -0.0451. The largest absolute Gasteiger partial charge is 0.360 e. The van der Waals surface area contributed by atoms with Crippen LogP contribution in [0, 0.1) is 17.8 Å². The van der Waals surface area contributed by atoms with Crippen molar-refractivity contribution in [2.24, 2.45) is 17.8 Å². The Kier molecular flexibility index (Phi) is 6.80. The molecule has 2 fully saturated rings. The molecule has 0 aromatic heterocycles. The Morgan fingerprint density at radius 3 is 2.32 bits per heavy atom. The third-order valence-electron chi connectivity index (χ3n) is 5.89. The molecule has 2 rings (SSSR count). The van der Waals surface area contributed by atoms with Crippen LogP contribution in [0.15, 0.2) is 0 Å². The third-order valence-corrected chi connectivity index (χ3v) is 6.41. The summed E-state index contributed by atoms with van der Waals surface area (Å²) < 4.78 is 0. The molecule has 4 unspecified atom stereocenters. The number of fused-ring (bicyclic) bond motifs is 1. The van der Waals surface area contributed by atoms with E-state index >= 15 is 0 Å². The zero-order chi connectivity index (χ0) is 16.3. The lowest BCUT2D eigenvalue weighted by molar-refractivity contribution is 0.133. The first-order valence-corrected chi connectivity index (χ1v) is 10.1. The van der Waals surface area contributed by atoms with Crippen molar-refractivity contribution >= 4 is 25.1 Å². The number of hydrogen-bond acceptors (Lipinski definition) is 1. The molecule has 4 atom stereocenters. The number of nitrogens with zero attached hydrogens (tertiary/aromatic N) is 1. The van der Waals surface area contributed by atoms with Gasteiger partial charge in [-0.3, -0.25) is 0 Å². The second-order valence-corrected chi connectivity index (χ2v) is 9.11. The van der Waals surface area contributed by atoms with Gasteiger partial charge in [-0.2, -0.15) is 0 Å². The average Bonchev–Trinajstić information content (AvgIpc) is 2.48. The van der Waals surface area contributed by atoms with Crippen LogP contribution in [-0.4, -0.2) is 29.8 Å². The lowest BCUT2D eigenvalue weighted by Gasteiger charge is -2.48. The normalized spacial score (nSPS) is 34.3. The number of rotatable bonds is 3. The van der Waals surface area contributed by atoms with Crippen LogP contribution < -0.4 is 0 Å². The first-order valence-electron chi connectivity index (χ1n) is 9.72. The fourth-order valence-corrected chi connectivity index (χ4v) is 5.54. The summed E-state index contributed by atoms with van der Waals surface area (Å²) in [5, 5.41) is 0. The van der Waals surface area contributed by atoms with E-state index in [1.54, 1.807) is 0 Å². The molecular formula is C19H36BNS. The van der Waals surface area contributed by atoms with Gasteiger partial charge in [-0.15, -0.1) is 0 Å². The van der Waals surface area contributed by atoms with Crippen molar-refractivity contribution < 1.29 is 0 Å². The monoisotopic (exact) mass is 321 g/mol. The van der Waals surface area contributed by atoms with Crippen molar-refractivity contribution in [1.29, 1.82) is 0 Å². The van der Waals surface area contributed by atoms with E-state index in [2.05, 4.69) is 40.4 Å². The quantitative estimate of drug-likeness (QED) is 0.540. The van der Waals surface area contributed by atoms with Gasteiger partial charge in [-0.05, 0) is 51.4 Å². The summed E-state index contributed by atoms with van der Waals surface area (Å²) in [6.07, 6.45) is 11.1. The van der Waals surface area contributed by atoms with Gasteiger partial charge in [0, 0.05) is 18.0 Å². The van der Waals surface area contributed by atoms with Crippen LogP contribution >= 0.6 is 12.2 Å². The maximum atomic E-state index is 6.04. The molecule has 0 N–H and O–H groups in total. The molecular weight excluding hydrogens is 285 g/mol. The van der Waals surface area contributed by atoms with E-state index in [-0.39, 0.29) is 0 Å². The third kappa shape index (κ3) is 4.49. The number of piperidine rings is 1. The Labute approximate surface area is 145 Å². The fourth-order valence-electron chi connectivity index (χ4n) is 4.87. The highest BCUT2D eigenvalue weighted by molar-refractivity contribution is 7.80. The minimum atomic E-state index is 0.559. The SMILES string of the molecule is BC1CCCC2CC(CC(C)C)N(C(C)C)C(=S)C2CCC1. The summed E-state index contributed by atoms with van der Waals surface area (Å²) in [5.74, 6) is 3.23. The van der Waals surface area contributed by atoms with Gasteiger partial charge >= 0.3 is 0 Å². The molecule has 1 saturated carbocycles. The van der Waals surface area contributed by atoms with Crippen LogP contribution in [0.1, 0.15) is 79.1 Å². The van der Waals surface area contributed by atoms with Crippen molar-refractivity contribution in [3.63, 3.8) is 0 Å². The highest BCUT2D eigenvalue weighted by atomic mass is 32.1. The lowest BCUT2D eigenvalue weighted by Crippen LogP contribution is -2.53. The molecule has 1 aliphatic carbocycles. The summed E-state index contributed by atoms with van der Waals surface area (Å²) in [4.78, 5) is 3.93. The van der Waals surface area contributed by atoms with Gasteiger partial charge in [0.15, 0.2) is 0 Å². The van der Waals surface area contributed by atoms with Gasteiger partial charge in [-0.25, -0.2) is 0 Å². The second-order valence-electron chi connectivity index (χ2n) is 8.69.